The van der Waals surface area contributed by atoms with Crippen LogP contribution in [0.4, 0.5) is 10.5 Å². The summed E-state index contributed by atoms with van der Waals surface area (Å²) in [4.78, 5) is 58.0. The van der Waals surface area contributed by atoms with Crippen molar-refractivity contribution in [1.29, 1.82) is 0 Å². The lowest BCUT2D eigenvalue weighted by Crippen LogP contribution is -2.62. The molecule has 9 atom stereocenters. The highest BCUT2D eigenvalue weighted by Gasteiger charge is 2.59. The van der Waals surface area contributed by atoms with Crippen molar-refractivity contribution >= 4 is 37.3 Å². The second kappa shape index (κ2) is 16.2. The van der Waals surface area contributed by atoms with Crippen molar-refractivity contribution < 1.29 is 33.4 Å². The number of fused-ring (bicyclic) bond motifs is 1. The molecule has 14 heteroatoms. The predicted molar refractivity (Wildman–Crippen MR) is 196 cm³/mol. The molecule has 2 amide bonds. The summed E-state index contributed by atoms with van der Waals surface area (Å²) in [7, 11) is 3.61. The van der Waals surface area contributed by atoms with Crippen molar-refractivity contribution in [1.82, 2.24) is 24.8 Å². The number of benzene rings is 1. The van der Waals surface area contributed by atoms with Crippen molar-refractivity contribution in [2.24, 2.45) is 17.8 Å². The Bertz CT molecular complexity index is 1570. The van der Waals surface area contributed by atoms with Gasteiger partial charge in [-0.1, -0.05) is 38.1 Å². The summed E-state index contributed by atoms with van der Waals surface area (Å²) in [6.07, 6.45) is 2.67. The molecule has 280 valence electrons. The van der Waals surface area contributed by atoms with Gasteiger partial charge < -0.3 is 24.8 Å². The van der Waals surface area contributed by atoms with Crippen molar-refractivity contribution in [2.75, 3.05) is 25.9 Å². The van der Waals surface area contributed by atoms with E-state index in [1.807, 2.05) is 66.0 Å². The van der Waals surface area contributed by atoms with Gasteiger partial charge in [0.1, 0.15) is 31.3 Å². The molecular formula is C37H57BN6O7. The Morgan fingerprint density at radius 1 is 1.12 bits per heavy atom. The summed E-state index contributed by atoms with van der Waals surface area (Å²) in [6.45, 7) is 15.9. The molecule has 2 aliphatic rings. The number of Topliss-reactive ketones (excluding diaryl/α,β-unsaturated/α-hetero) is 1. The third-order valence-corrected chi connectivity index (χ3v) is 11.5. The molecule has 1 aromatic heterocycles. The standard InChI is InChI=1S/C37H57BN6O7/c1-10-30-37(8)33(43(35(48)51-37)17-12-11-16-42-21-29(40-41-42)27-14-13-15-28(39)18-27)25(5)44(26(6)45)20-22(2)19-36(7,49-9)32(38)23(3)31(46)24(4)34(47)50-30/h13-15,18,21-25,30,32-33H,10-12,16-17,19-20,38-39H2,1-9H3/t22-,23+,24-,25-,30-,32-,33-,36-,37-/m1/s1. The molecule has 13 nitrogen and oxygen atoms in total. The number of nitrogen functional groups attached to an aromatic ring is 1. The highest BCUT2D eigenvalue weighted by Crippen LogP contribution is 2.42. The monoisotopic (exact) mass is 708 g/mol. The van der Waals surface area contributed by atoms with Gasteiger partial charge in [-0.25, -0.2) is 4.79 Å². The molecule has 51 heavy (non-hydrogen) atoms. The number of esters is 1. The number of nitrogens with two attached hydrogens (primary N) is 1. The first kappa shape index (κ1) is 39.8. The number of ether oxygens (including phenoxy) is 3. The van der Waals surface area contributed by atoms with Gasteiger partial charge >= 0.3 is 12.1 Å². The Morgan fingerprint density at radius 3 is 2.43 bits per heavy atom. The van der Waals surface area contributed by atoms with E-state index in [9.17, 15) is 19.2 Å². The number of aromatic nitrogens is 3. The SMILES string of the molecule is B[C@@H]1[C@@H](C)C(=O)[C@@H](C)C(=O)O[C@H](CC)[C@@]2(C)OC(=O)N(CCCCn3cc(-c4cccc(N)c4)nn3)[C@@H]2[C@@H](C)N(C(C)=O)C[C@H](C)C[C@@]1(C)OC. The molecule has 0 spiro atoms. The number of unbranched alkanes of at least 4 members (excludes halogenated alkanes) is 1. The first-order valence-electron chi connectivity index (χ1n) is 18.3. The Labute approximate surface area is 303 Å². The van der Waals surface area contributed by atoms with E-state index in [0.29, 0.717) is 51.0 Å². The molecule has 0 aliphatic carbocycles. The van der Waals surface area contributed by atoms with Crippen molar-refractivity contribution in [3.63, 3.8) is 0 Å². The third kappa shape index (κ3) is 8.42. The number of carbonyl (C=O) groups is 4. The Hall–Kier alpha value is -3.94. The maximum Gasteiger partial charge on any atom is 0.410 e. The van der Waals surface area contributed by atoms with Gasteiger partial charge in [0.15, 0.2) is 5.60 Å². The third-order valence-electron chi connectivity index (χ3n) is 11.5. The smallest absolute Gasteiger partial charge is 0.410 e. The number of anilines is 1. The van der Waals surface area contributed by atoms with Gasteiger partial charge in [-0.2, -0.15) is 0 Å². The molecular weight excluding hydrogens is 651 g/mol. The van der Waals surface area contributed by atoms with E-state index in [-0.39, 0.29) is 23.4 Å². The largest absolute Gasteiger partial charge is 0.458 e. The molecule has 0 bridgehead atoms. The summed E-state index contributed by atoms with van der Waals surface area (Å²) in [6, 6.07) is 6.31. The Balaban J connectivity index is 1.63. The van der Waals surface area contributed by atoms with E-state index in [1.54, 1.807) is 35.4 Å². The highest BCUT2D eigenvalue weighted by molar-refractivity contribution is 6.15. The number of nitrogens with zero attached hydrogens (tertiary/aromatic N) is 5. The molecule has 2 saturated heterocycles. The van der Waals surface area contributed by atoms with Crippen LogP contribution in [0, 0.1) is 17.8 Å². The minimum absolute atomic E-state index is 0.0221. The number of rotatable bonds is 8. The van der Waals surface area contributed by atoms with Crippen LogP contribution in [-0.4, -0.2) is 106 Å². The molecule has 0 radical (unpaired) electrons. The van der Waals surface area contributed by atoms with Crippen molar-refractivity contribution in [3.8, 4) is 11.3 Å². The summed E-state index contributed by atoms with van der Waals surface area (Å²) in [5.41, 5.74) is 6.17. The zero-order valence-corrected chi connectivity index (χ0v) is 32.0. The van der Waals surface area contributed by atoms with Crippen LogP contribution in [-0.2, 0) is 35.1 Å². The van der Waals surface area contributed by atoms with Crippen LogP contribution < -0.4 is 5.73 Å². The normalized spacial score (nSPS) is 32.5. The van der Waals surface area contributed by atoms with Gasteiger partial charge in [-0.3, -0.25) is 24.0 Å². The first-order valence-corrected chi connectivity index (χ1v) is 18.3. The van der Waals surface area contributed by atoms with Crippen LogP contribution in [0.1, 0.15) is 81.1 Å². The van der Waals surface area contributed by atoms with Gasteiger partial charge in [0.05, 0.1) is 23.9 Å². The van der Waals surface area contributed by atoms with Crippen LogP contribution in [0.2, 0.25) is 5.82 Å². The fourth-order valence-corrected chi connectivity index (χ4v) is 8.18. The second-order valence-corrected chi connectivity index (χ2v) is 15.2. The molecule has 3 heterocycles. The van der Waals surface area contributed by atoms with Gasteiger partial charge in [-0.05, 0) is 77.2 Å². The quantitative estimate of drug-likeness (QED) is 0.139. The molecule has 0 saturated carbocycles. The number of aryl methyl sites for hydroxylation is 1. The van der Waals surface area contributed by atoms with Gasteiger partial charge in [0.2, 0.25) is 5.91 Å². The van der Waals surface area contributed by atoms with Gasteiger partial charge in [0.25, 0.3) is 0 Å². The van der Waals surface area contributed by atoms with E-state index < -0.39 is 53.3 Å². The van der Waals surface area contributed by atoms with Crippen LogP contribution in [0.25, 0.3) is 11.3 Å². The first-order chi connectivity index (χ1) is 24.0. The van der Waals surface area contributed by atoms with E-state index in [0.717, 1.165) is 11.3 Å². The number of hydrogen-bond donors (Lipinski definition) is 1. The molecule has 2 aliphatic heterocycles. The van der Waals surface area contributed by atoms with Gasteiger partial charge in [0, 0.05) is 50.8 Å². The highest BCUT2D eigenvalue weighted by atomic mass is 16.6. The zero-order valence-electron chi connectivity index (χ0n) is 32.0. The number of hydrogen-bond acceptors (Lipinski definition) is 10. The predicted octanol–water partition coefficient (Wildman–Crippen LogP) is 4.15. The van der Waals surface area contributed by atoms with Crippen LogP contribution in [0.15, 0.2) is 30.5 Å². The van der Waals surface area contributed by atoms with E-state index in [2.05, 4.69) is 17.2 Å². The topological polar surface area (TPSA) is 159 Å². The zero-order chi connectivity index (χ0) is 37.8. The Kier molecular flexibility index (Phi) is 12.6. The number of cyclic esters (lactones) is 1. The fraction of sp³-hybridized carbons (Fsp3) is 0.676. The number of ketones is 1. The van der Waals surface area contributed by atoms with Crippen LogP contribution >= 0.6 is 0 Å². The van der Waals surface area contributed by atoms with E-state index in [4.69, 9.17) is 19.9 Å². The number of carbonyl (C=O) groups excluding carboxylic acids is 4. The fourth-order valence-electron chi connectivity index (χ4n) is 8.18. The van der Waals surface area contributed by atoms with E-state index in [1.165, 1.54) is 6.92 Å². The average Bonchev–Trinajstić information content (AvgIpc) is 3.67. The second-order valence-electron chi connectivity index (χ2n) is 15.2. The van der Waals surface area contributed by atoms with E-state index >= 15 is 0 Å². The molecule has 2 fully saturated rings. The molecule has 4 rings (SSSR count). The van der Waals surface area contributed by atoms with Crippen molar-refractivity contribution in [3.05, 3.63) is 30.5 Å². The minimum atomic E-state index is -1.31. The number of methoxy groups -OCH3 is 1. The summed E-state index contributed by atoms with van der Waals surface area (Å²) in [5, 5.41) is 8.56. The Morgan fingerprint density at radius 2 is 1.80 bits per heavy atom. The lowest BCUT2D eigenvalue weighted by atomic mass is 9.62. The lowest BCUT2D eigenvalue weighted by Gasteiger charge is -2.44. The maximum absolute atomic E-state index is 13.8. The molecule has 2 N–H and O–H groups in total. The summed E-state index contributed by atoms with van der Waals surface area (Å²) >= 11 is 0. The molecule has 0 unspecified atom stereocenters. The summed E-state index contributed by atoms with van der Waals surface area (Å²) in [5.74, 6) is -2.81. The lowest BCUT2D eigenvalue weighted by molar-refractivity contribution is -0.171. The minimum Gasteiger partial charge on any atom is -0.458 e. The van der Waals surface area contributed by atoms with Gasteiger partial charge in [-0.15, -0.1) is 5.10 Å². The van der Waals surface area contributed by atoms with Crippen molar-refractivity contribution in [2.45, 2.75) is 123 Å². The van der Waals surface area contributed by atoms with Crippen LogP contribution in [0.3, 0.4) is 0 Å². The maximum atomic E-state index is 13.8. The summed E-state index contributed by atoms with van der Waals surface area (Å²) < 4.78 is 20.1. The van der Waals surface area contributed by atoms with Crippen LogP contribution in [0.5, 0.6) is 0 Å². The number of amides is 2. The molecule has 2 aromatic rings. The average molecular weight is 709 g/mol. The molecule has 1 aromatic carbocycles.